The van der Waals surface area contributed by atoms with E-state index in [0.29, 0.717) is 24.7 Å². The minimum absolute atomic E-state index is 0.105. The first kappa shape index (κ1) is 14.8. The molecule has 1 aromatic rings. The van der Waals surface area contributed by atoms with Gasteiger partial charge in [0.15, 0.2) is 0 Å². The highest BCUT2D eigenvalue weighted by atomic mass is 16.5. The molecule has 5 heteroatoms. The van der Waals surface area contributed by atoms with Crippen LogP contribution < -0.4 is 0 Å². The fraction of sp³-hybridized carbons (Fsp3) is 0.769. The molecular formula is C13H22N2O3. The molecule has 0 radical (unpaired) electrons. The van der Waals surface area contributed by atoms with Gasteiger partial charge in [0.2, 0.25) is 11.7 Å². The van der Waals surface area contributed by atoms with Crippen molar-refractivity contribution in [1.29, 1.82) is 0 Å². The number of carbonyl (C=O) groups excluding carboxylic acids is 1. The molecule has 0 aliphatic carbocycles. The topological polar surface area (TPSA) is 65.2 Å². The molecule has 0 saturated heterocycles. The molecule has 0 N–H and O–H groups in total. The van der Waals surface area contributed by atoms with Gasteiger partial charge in [0.05, 0.1) is 5.92 Å². The van der Waals surface area contributed by atoms with Gasteiger partial charge in [0.25, 0.3) is 0 Å². The lowest BCUT2D eigenvalue weighted by molar-refractivity contribution is -0.120. The first-order chi connectivity index (χ1) is 8.63. The molecule has 0 aromatic carbocycles. The molecule has 102 valence electrons. The van der Waals surface area contributed by atoms with E-state index in [2.05, 4.69) is 17.1 Å². The summed E-state index contributed by atoms with van der Waals surface area (Å²) >= 11 is 0. The second-order valence-electron chi connectivity index (χ2n) is 4.27. The molecule has 1 aromatic heterocycles. The third-order valence-corrected chi connectivity index (χ3v) is 2.87. The van der Waals surface area contributed by atoms with Gasteiger partial charge in [-0.3, -0.25) is 4.79 Å². The summed E-state index contributed by atoms with van der Waals surface area (Å²) in [6.07, 6.45) is 2.17. The zero-order valence-electron chi connectivity index (χ0n) is 11.6. The molecule has 0 bridgehead atoms. The van der Waals surface area contributed by atoms with Crippen molar-refractivity contribution in [3.63, 3.8) is 0 Å². The fourth-order valence-electron chi connectivity index (χ4n) is 1.75. The maximum absolute atomic E-state index is 11.6. The van der Waals surface area contributed by atoms with Crippen LogP contribution in [0.25, 0.3) is 0 Å². The maximum Gasteiger partial charge on any atom is 0.237 e. The number of hydrogen-bond acceptors (Lipinski definition) is 5. The van der Waals surface area contributed by atoms with Gasteiger partial charge in [-0.25, -0.2) is 0 Å². The van der Waals surface area contributed by atoms with Crippen LogP contribution in [0.15, 0.2) is 4.52 Å². The highest BCUT2D eigenvalue weighted by Gasteiger charge is 2.23. The van der Waals surface area contributed by atoms with Gasteiger partial charge >= 0.3 is 0 Å². The predicted octanol–water partition coefficient (Wildman–Crippen LogP) is 3.03. The van der Waals surface area contributed by atoms with Gasteiger partial charge in [-0.1, -0.05) is 25.4 Å². The summed E-state index contributed by atoms with van der Waals surface area (Å²) in [7, 11) is 0. The average Bonchev–Trinajstić information content (AvgIpc) is 2.86. The number of rotatable bonds is 8. The van der Waals surface area contributed by atoms with Gasteiger partial charge in [0, 0.05) is 13.0 Å². The highest BCUT2D eigenvalue weighted by molar-refractivity contribution is 5.83. The summed E-state index contributed by atoms with van der Waals surface area (Å²) < 4.78 is 10.7. The summed E-state index contributed by atoms with van der Waals surface area (Å²) in [5, 5.41) is 3.93. The quantitative estimate of drug-likeness (QED) is 0.713. The minimum Gasteiger partial charge on any atom is -0.370 e. The standard InChI is InChI=1S/C13H22N2O3/c1-5-8-11(17-7-3)12-14-13(18-15-12)9(4)10(16)6-2/h9,11H,5-8H2,1-4H3. The SMILES string of the molecule is CCCC(OCC)c1noc(C(C)C(=O)CC)n1. The largest absolute Gasteiger partial charge is 0.370 e. The number of aromatic nitrogens is 2. The van der Waals surface area contributed by atoms with Crippen LogP contribution in [-0.2, 0) is 9.53 Å². The lowest BCUT2D eigenvalue weighted by Gasteiger charge is -2.11. The van der Waals surface area contributed by atoms with Crippen molar-refractivity contribution in [3.05, 3.63) is 11.7 Å². The lowest BCUT2D eigenvalue weighted by Crippen LogP contribution is -2.09. The van der Waals surface area contributed by atoms with E-state index < -0.39 is 0 Å². The van der Waals surface area contributed by atoms with E-state index in [4.69, 9.17) is 9.26 Å². The summed E-state index contributed by atoms with van der Waals surface area (Å²) in [6, 6.07) is 0. The molecule has 1 rings (SSSR count). The second-order valence-corrected chi connectivity index (χ2v) is 4.27. The molecule has 0 spiro atoms. The predicted molar refractivity (Wildman–Crippen MR) is 67.3 cm³/mol. The Morgan fingerprint density at radius 1 is 1.39 bits per heavy atom. The Balaban J connectivity index is 2.79. The third kappa shape index (κ3) is 3.63. The van der Waals surface area contributed by atoms with Crippen molar-refractivity contribution < 1.29 is 14.1 Å². The van der Waals surface area contributed by atoms with Crippen LogP contribution in [0.3, 0.4) is 0 Å². The maximum atomic E-state index is 11.6. The zero-order valence-corrected chi connectivity index (χ0v) is 11.6. The van der Waals surface area contributed by atoms with Crippen molar-refractivity contribution in [2.45, 2.75) is 59.0 Å². The Kier molecular flexibility index (Phi) is 5.98. The molecule has 5 nitrogen and oxygen atoms in total. The molecule has 0 aliphatic heterocycles. The summed E-state index contributed by atoms with van der Waals surface area (Å²) in [5.74, 6) is 0.705. The van der Waals surface area contributed by atoms with Crippen molar-refractivity contribution in [2.24, 2.45) is 0 Å². The molecule has 0 fully saturated rings. The number of nitrogens with zero attached hydrogens (tertiary/aromatic N) is 2. The first-order valence-electron chi connectivity index (χ1n) is 6.61. The van der Waals surface area contributed by atoms with Crippen LogP contribution in [0.1, 0.15) is 70.7 Å². The Morgan fingerprint density at radius 3 is 2.67 bits per heavy atom. The molecule has 2 atom stereocenters. The normalized spacial score (nSPS) is 14.4. The van der Waals surface area contributed by atoms with Crippen LogP contribution in [0.5, 0.6) is 0 Å². The van der Waals surface area contributed by atoms with Gasteiger partial charge < -0.3 is 9.26 Å². The third-order valence-electron chi connectivity index (χ3n) is 2.87. The van der Waals surface area contributed by atoms with Gasteiger partial charge in [-0.2, -0.15) is 4.98 Å². The van der Waals surface area contributed by atoms with E-state index in [-0.39, 0.29) is 17.8 Å². The van der Waals surface area contributed by atoms with Gasteiger partial charge in [-0.05, 0) is 20.3 Å². The molecule has 18 heavy (non-hydrogen) atoms. The molecular weight excluding hydrogens is 232 g/mol. The van der Waals surface area contributed by atoms with E-state index >= 15 is 0 Å². The van der Waals surface area contributed by atoms with Crippen molar-refractivity contribution in [2.75, 3.05) is 6.61 Å². The van der Waals surface area contributed by atoms with Crippen molar-refractivity contribution in [1.82, 2.24) is 10.1 Å². The molecule has 0 amide bonds. The Hall–Kier alpha value is -1.23. The van der Waals surface area contributed by atoms with Crippen LogP contribution in [0.4, 0.5) is 0 Å². The molecule has 1 heterocycles. The smallest absolute Gasteiger partial charge is 0.237 e. The Labute approximate surface area is 108 Å². The van der Waals surface area contributed by atoms with Crippen LogP contribution in [0.2, 0.25) is 0 Å². The number of Topliss-reactive ketones (excluding diaryl/α,β-unsaturated/α-hetero) is 1. The number of hydrogen-bond donors (Lipinski definition) is 0. The van der Waals surface area contributed by atoms with Crippen molar-refractivity contribution in [3.8, 4) is 0 Å². The average molecular weight is 254 g/mol. The van der Waals surface area contributed by atoms with Crippen LogP contribution in [0, 0.1) is 0 Å². The lowest BCUT2D eigenvalue weighted by atomic mass is 10.1. The van der Waals surface area contributed by atoms with Crippen molar-refractivity contribution >= 4 is 5.78 Å². The monoisotopic (exact) mass is 254 g/mol. The van der Waals surface area contributed by atoms with E-state index in [1.807, 2.05) is 13.8 Å². The number of ketones is 1. The zero-order chi connectivity index (χ0) is 13.5. The molecule has 0 saturated carbocycles. The van der Waals surface area contributed by atoms with E-state index in [1.54, 1.807) is 6.92 Å². The van der Waals surface area contributed by atoms with E-state index in [0.717, 1.165) is 12.8 Å². The molecule has 0 aliphatic rings. The Bertz CT molecular complexity index is 370. The number of carbonyl (C=O) groups is 1. The van der Waals surface area contributed by atoms with E-state index in [1.165, 1.54) is 0 Å². The minimum atomic E-state index is -0.333. The van der Waals surface area contributed by atoms with Crippen LogP contribution in [-0.4, -0.2) is 22.5 Å². The Morgan fingerprint density at radius 2 is 2.11 bits per heavy atom. The fourth-order valence-corrected chi connectivity index (χ4v) is 1.75. The van der Waals surface area contributed by atoms with Gasteiger partial charge in [-0.15, -0.1) is 0 Å². The number of ether oxygens (including phenoxy) is 1. The summed E-state index contributed by atoms with van der Waals surface area (Å²) in [6.45, 7) is 8.25. The summed E-state index contributed by atoms with van der Waals surface area (Å²) in [5.41, 5.74) is 0. The molecule has 2 unspecified atom stereocenters. The van der Waals surface area contributed by atoms with E-state index in [9.17, 15) is 4.79 Å². The first-order valence-corrected chi connectivity index (χ1v) is 6.61. The van der Waals surface area contributed by atoms with Crippen LogP contribution >= 0.6 is 0 Å². The summed E-state index contributed by atoms with van der Waals surface area (Å²) in [4.78, 5) is 15.9. The van der Waals surface area contributed by atoms with Gasteiger partial charge in [0.1, 0.15) is 11.9 Å². The second kappa shape index (κ2) is 7.26. The highest BCUT2D eigenvalue weighted by Crippen LogP contribution is 2.23.